The van der Waals surface area contributed by atoms with Crippen molar-refractivity contribution in [1.82, 2.24) is 5.32 Å². The number of primary amides is 1. The number of benzene rings is 3. The molecule has 0 radical (unpaired) electrons. The molecule has 0 fully saturated rings. The zero-order valence-electron chi connectivity index (χ0n) is 22.0. The largest absolute Gasteiger partial charge is 0.496 e. The highest BCUT2D eigenvalue weighted by Gasteiger charge is 2.26. The average molecular weight is 589 g/mol. The van der Waals surface area contributed by atoms with Gasteiger partial charge < -0.3 is 30.0 Å². The molecular formula is C28H26Cl2N2O8. The monoisotopic (exact) mass is 588 g/mol. The van der Waals surface area contributed by atoms with Crippen molar-refractivity contribution in [2.24, 2.45) is 5.73 Å². The highest BCUT2D eigenvalue weighted by molar-refractivity contribution is 6.40. The number of methoxy groups -OCH3 is 4. The summed E-state index contributed by atoms with van der Waals surface area (Å²) in [7, 11) is 5.32. The number of ether oxygens (including phenoxy) is 4. The van der Waals surface area contributed by atoms with Crippen LogP contribution in [0, 0.1) is 0 Å². The molecule has 0 unspecified atom stereocenters. The quantitative estimate of drug-likeness (QED) is 0.337. The highest BCUT2D eigenvalue weighted by atomic mass is 35.5. The number of amides is 2. The SMILES string of the molecule is COC(=O)c1cc(Cl)c(C(=O)N[C@@H](Cc2ccc(-c3c(OC)cc(C(N)=O)cc3OC)cc2)C(=O)OC)c(Cl)c1. The van der Waals surface area contributed by atoms with Crippen LogP contribution < -0.4 is 20.5 Å². The van der Waals surface area contributed by atoms with Gasteiger partial charge in [-0.2, -0.15) is 0 Å². The van der Waals surface area contributed by atoms with Crippen LogP contribution in [0.4, 0.5) is 0 Å². The van der Waals surface area contributed by atoms with E-state index in [-0.39, 0.29) is 33.2 Å². The molecule has 0 bridgehead atoms. The Bertz CT molecular complexity index is 1410. The third-order valence-electron chi connectivity index (χ3n) is 5.95. The van der Waals surface area contributed by atoms with Gasteiger partial charge in [0.15, 0.2) is 0 Å². The van der Waals surface area contributed by atoms with Crippen molar-refractivity contribution in [2.75, 3.05) is 28.4 Å². The number of rotatable bonds is 10. The fourth-order valence-electron chi connectivity index (χ4n) is 3.97. The first kappa shape index (κ1) is 30.3. The molecule has 3 N–H and O–H groups in total. The number of carbonyl (C=O) groups is 4. The van der Waals surface area contributed by atoms with E-state index in [0.717, 1.165) is 0 Å². The molecular weight excluding hydrogens is 563 g/mol. The molecule has 210 valence electrons. The number of nitrogens with two attached hydrogens (primary N) is 1. The highest BCUT2D eigenvalue weighted by Crippen LogP contribution is 2.39. The lowest BCUT2D eigenvalue weighted by Crippen LogP contribution is -2.43. The number of carbonyl (C=O) groups excluding carboxylic acids is 4. The molecule has 0 spiro atoms. The van der Waals surface area contributed by atoms with Gasteiger partial charge in [0, 0.05) is 12.0 Å². The van der Waals surface area contributed by atoms with Crippen molar-refractivity contribution in [3.63, 3.8) is 0 Å². The van der Waals surface area contributed by atoms with Gasteiger partial charge in [0.25, 0.3) is 5.91 Å². The summed E-state index contributed by atoms with van der Waals surface area (Å²) in [5.74, 6) is -1.97. The number of hydrogen-bond acceptors (Lipinski definition) is 8. The molecule has 0 saturated carbocycles. The molecule has 0 aliphatic rings. The van der Waals surface area contributed by atoms with E-state index in [9.17, 15) is 19.2 Å². The number of esters is 2. The minimum Gasteiger partial charge on any atom is -0.496 e. The van der Waals surface area contributed by atoms with Crippen molar-refractivity contribution in [3.8, 4) is 22.6 Å². The minimum atomic E-state index is -1.09. The number of hydrogen-bond donors (Lipinski definition) is 2. The van der Waals surface area contributed by atoms with Gasteiger partial charge >= 0.3 is 11.9 Å². The van der Waals surface area contributed by atoms with Crippen molar-refractivity contribution < 1.29 is 38.1 Å². The van der Waals surface area contributed by atoms with E-state index in [4.69, 9.17) is 43.1 Å². The van der Waals surface area contributed by atoms with E-state index in [0.29, 0.717) is 28.2 Å². The lowest BCUT2D eigenvalue weighted by Gasteiger charge is -2.19. The molecule has 0 aliphatic carbocycles. The Kier molecular flexibility index (Phi) is 9.98. The van der Waals surface area contributed by atoms with Crippen LogP contribution in [0.15, 0.2) is 48.5 Å². The molecule has 2 amide bonds. The second kappa shape index (κ2) is 13.2. The van der Waals surface area contributed by atoms with Gasteiger partial charge in [-0.1, -0.05) is 47.5 Å². The molecule has 3 rings (SSSR count). The molecule has 0 aromatic heterocycles. The standard InChI is InChI=1S/C28H26Cl2N2O8/c1-37-21-12-16(25(31)33)13-22(38-2)23(21)15-7-5-14(6-8-15)9-20(28(36)40-4)32-26(34)24-18(29)10-17(11-19(24)30)27(35)39-3/h5-8,10-13,20H,9H2,1-4H3,(H2,31,33)(H,32,34)/t20-/m0/s1. The lowest BCUT2D eigenvalue weighted by atomic mass is 9.97. The van der Waals surface area contributed by atoms with Gasteiger partial charge in [0.1, 0.15) is 17.5 Å². The van der Waals surface area contributed by atoms with E-state index in [1.54, 1.807) is 24.3 Å². The minimum absolute atomic E-state index is 0.0659. The summed E-state index contributed by atoms with van der Waals surface area (Å²) >= 11 is 12.4. The Balaban J connectivity index is 1.88. The summed E-state index contributed by atoms with van der Waals surface area (Å²) in [6, 6.07) is 11.5. The third-order valence-corrected chi connectivity index (χ3v) is 6.55. The van der Waals surface area contributed by atoms with E-state index < -0.39 is 29.8 Å². The van der Waals surface area contributed by atoms with E-state index in [1.165, 1.54) is 52.7 Å². The van der Waals surface area contributed by atoms with Crippen LogP contribution in [0.3, 0.4) is 0 Å². The maximum atomic E-state index is 13.0. The topological polar surface area (TPSA) is 143 Å². The molecule has 12 heteroatoms. The van der Waals surface area contributed by atoms with Gasteiger partial charge in [-0.15, -0.1) is 0 Å². The zero-order valence-corrected chi connectivity index (χ0v) is 23.5. The molecule has 0 heterocycles. The maximum absolute atomic E-state index is 13.0. The van der Waals surface area contributed by atoms with Gasteiger partial charge in [-0.25, -0.2) is 9.59 Å². The van der Waals surface area contributed by atoms with Gasteiger partial charge in [-0.3, -0.25) is 9.59 Å². The summed E-state index contributed by atoms with van der Waals surface area (Å²) in [6.07, 6.45) is 0.0725. The summed E-state index contributed by atoms with van der Waals surface area (Å²) in [4.78, 5) is 49.1. The first-order valence-electron chi connectivity index (χ1n) is 11.7. The van der Waals surface area contributed by atoms with Crippen molar-refractivity contribution in [1.29, 1.82) is 0 Å². The predicted octanol–water partition coefficient (Wildman–Crippen LogP) is 4.08. The zero-order chi connectivity index (χ0) is 29.6. The smallest absolute Gasteiger partial charge is 0.337 e. The van der Waals surface area contributed by atoms with Crippen LogP contribution in [0.5, 0.6) is 11.5 Å². The van der Waals surface area contributed by atoms with Gasteiger partial charge in [-0.05, 0) is 35.4 Å². The Labute approximate surface area is 240 Å². The van der Waals surface area contributed by atoms with Crippen LogP contribution in [0.2, 0.25) is 10.0 Å². The Morgan fingerprint density at radius 1 is 0.825 bits per heavy atom. The first-order chi connectivity index (χ1) is 19.0. The van der Waals surface area contributed by atoms with Crippen LogP contribution in [0.25, 0.3) is 11.1 Å². The second-order valence-electron chi connectivity index (χ2n) is 8.38. The van der Waals surface area contributed by atoms with E-state index in [1.807, 2.05) is 0 Å². The van der Waals surface area contributed by atoms with Gasteiger partial charge in [0.05, 0.1) is 55.2 Å². The van der Waals surface area contributed by atoms with E-state index >= 15 is 0 Å². The maximum Gasteiger partial charge on any atom is 0.337 e. The molecule has 40 heavy (non-hydrogen) atoms. The van der Waals surface area contributed by atoms with Crippen molar-refractivity contribution in [2.45, 2.75) is 12.5 Å². The number of nitrogens with one attached hydrogen (secondary N) is 1. The Hall–Kier alpha value is -4.28. The fraction of sp³-hybridized carbons (Fsp3) is 0.214. The number of halogens is 2. The summed E-state index contributed by atoms with van der Waals surface area (Å²) in [5.41, 5.74) is 7.58. The average Bonchev–Trinajstić information content (AvgIpc) is 2.95. The fourth-order valence-corrected chi connectivity index (χ4v) is 4.63. The van der Waals surface area contributed by atoms with Crippen LogP contribution in [-0.4, -0.2) is 58.2 Å². The van der Waals surface area contributed by atoms with E-state index in [2.05, 4.69) is 10.1 Å². The van der Waals surface area contributed by atoms with Crippen molar-refractivity contribution >= 4 is 47.0 Å². The molecule has 10 nitrogen and oxygen atoms in total. The Morgan fingerprint density at radius 3 is 1.82 bits per heavy atom. The molecule has 3 aromatic carbocycles. The molecule has 0 aliphatic heterocycles. The van der Waals surface area contributed by atoms with Crippen LogP contribution in [0.1, 0.15) is 36.6 Å². The van der Waals surface area contributed by atoms with Crippen LogP contribution >= 0.6 is 23.2 Å². The van der Waals surface area contributed by atoms with Crippen LogP contribution in [-0.2, 0) is 20.7 Å². The van der Waals surface area contributed by atoms with Crippen molar-refractivity contribution in [3.05, 3.63) is 80.8 Å². The molecule has 0 saturated heterocycles. The lowest BCUT2D eigenvalue weighted by molar-refractivity contribution is -0.142. The second-order valence-corrected chi connectivity index (χ2v) is 9.19. The normalized spacial score (nSPS) is 11.2. The molecule has 1 atom stereocenters. The van der Waals surface area contributed by atoms with Gasteiger partial charge in [0.2, 0.25) is 5.91 Å². The summed E-state index contributed by atoms with van der Waals surface area (Å²) < 4.78 is 20.5. The Morgan fingerprint density at radius 2 is 1.38 bits per heavy atom. The third kappa shape index (κ3) is 6.64. The first-order valence-corrected chi connectivity index (χ1v) is 12.4. The summed E-state index contributed by atoms with van der Waals surface area (Å²) in [6.45, 7) is 0. The molecule has 3 aromatic rings. The summed E-state index contributed by atoms with van der Waals surface area (Å²) in [5, 5.41) is 2.41. The predicted molar refractivity (Wildman–Crippen MR) is 148 cm³/mol.